The van der Waals surface area contributed by atoms with Gasteiger partial charge in [-0.05, 0) is 26.3 Å². The number of esters is 1. The molecule has 0 aromatic rings. The normalized spacial score (nSPS) is 21.5. The summed E-state index contributed by atoms with van der Waals surface area (Å²) in [5.41, 5.74) is 0. The third-order valence-corrected chi connectivity index (χ3v) is 2.07. The van der Waals surface area contributed by atoms with Gasteiger partial charge in [-0.3, -0.25) is 9.59 Å². The average Bonchev–Trinajstić information content (AvgIpc) is 2.55. The lowest BCUT2D eigenvalue weighted by Crippen LogP contribution is -2.32. The number of rotatable bonds is 4. The average molecular weight is 185 g/mol. The molecule has 1 atom stereocenters. The SMILES string of the molecule is CCOC(=O)CC(=O)C1CCCN1. The van der Waals surface area contributed by atoms with Crippen molar-refractivity contribution in [2.75, 3.05) is 13.2 Å². The van der Waals surface area contributed by atoms with Gasteiger partial charge in [0, 0.05) is 0 Å². The molecule has 0 aliphatic carbocycles. The predicted molar refractivity (Wildman–Crippen MR) is 47.3 cm³/mol. The van der Waals surface area contributed by atoms with Crippen LogP contribution < -0.4 is 5.32 Å². The summed E-state index contributed by atoms with van der Waals surface area (Å²) in [4.78, 5) is 22.3. The van der Waals surface area contributed by atoms with E-state index < -0.39 is 5.97 Å². The second kappa shape index (κ2) is 4.97. The smallest absolute Gasteiger partial charge is 0.313 e. The molecular formula is C9H15NO3. The Morgan fingerprint density at radius 2 is 2.31 bits per heavy atom. The van der Waals surface area contributed by atoms with Crippen LogP contribution >= 0.6 is 0 Å². The van der Waals surface area contributed by atoms with Gasteiger partial charge in [-0.15, -0.1) is 0 Å². The lowest BCUT2D eigenvalue weighted by molar-refractivity contribution is -0.145. The third kappa shape index (κ3) is 3.14. The van der Waals surface area contributed by atoms with Crippen LogP contribution in [0.5, 0.6) is 0 Å². The molecule has 0 amide bonds. The largest absolute Gasteiger partial charge is 0.466 e. The van der Waals surface area contributed by atoms with Gasteiger partial charge in [0.1, 0.15) is 6.42 Å². The van der Waals surface area contributed by atoms with Crippen LogP contribution in [0.2, 0.25) is 0 Å². The number of ketones is 1. The van der Waals surface area contributed by atoms with Gasteiger partial charge in [0.25, 0.3) is 0 Å². The number of hydrogen-bond donors (Lipinski definition) is 1. The molecule has 13 heavy (non-hydrogen) atoms. The molecule has 1 saturated heterocycles. The van der Waals surface area contributed by atoms with Gasteiger partial charge in [-0.2, -0.15) is 0 Å². The van der Waals surface area contributed by atoms with E-state index >= 15 is 0 Å². The Labute approximate surface area is 77.6 Å². The molecule has 1 aliphatic rings. The summed E-state index contributed by atoms with van der Waals surface area (Å²) in [5, 5.41) is 3.05. The first-order valence-corrected chi connectivity index (χ1v) is 4.65. The molecule has 0 aromatic carbocycles. The molecule has 1 N–H and O–H groups in total. The van der Waals surface area contributed by atoms with Crippen LogP contribution in [0, 0.1) is 0 Å². The summed E-state index contributed by atoms with van der Waals surface area (Å²) in [6.45, 7) is 2.94. The van der Waals surface area contributed by atoms with Crippen LogP contribution in [-0.4, -0.2) is 30.9 Å². The first kappa shape index (κ1) is 10.2. The minimum atomic E-state index is -0.416. The second-order valence-electron chi connectivity index (χ2n) is 3.10. The van der Waals surface area contributed by atoms with E-state index in [9.17, 15) is 9.59 Å². The number of hydrogen-bond acceptors (Lipinski definition) is 4. The zero-order valence-electron chi connectivity index (χ0n) is 7.84. The summed E-state index contributed by atoms with van der Waals surface area (Å²) in [6.07, 6.45) is 1.77. The number of carbonyl (C=O) groups is 2. The lowest BCUT2D eigenvalue weighted by atomic mass is 10.1. The van der Waals surface area contributed by atoms with Crippen LogP contribution in [0.1, 0.15) is 26.2 Å². The van der Waals surface area contributed by atoms with E-state index in [1.165, 1.54) is 0 Å². The number of Topliss-reactive ketones (excluding diaryl/α,β-unsaturated/α-hetero) is 1. The molecule has 4 heteroatoms. The maximum Gasteiger partial charge on any atom is 0.313 e. The first-order chi connectivity index (χ1) is 6.24. The van der Waals surface area contributed by atoms with Crippen LogP contribution in [-0.2, 0) is 14.3 Å². The highest BCUT2D eigenvalue weighted by molar-refractivity contribution is 5.98. The standard InChI is InChI=1S/C9H15NO3/c1-2-13-9(12)6-8(11)7-4-3-5-10-7/h7,10H,2-6H2,1H3. The zero-order chi connectivity index (χ0) is 9.68. The van der Waals surface area contributed by atoms with E-state index in [-0.39, 0.29) is 18.2 Å². The highest BCUT2D eigenvalue weighted by atomic mass is 16.5. The predicted octanol–water partition coefficient (Wildman–Crippen LogP) is 0.261. The van der Waals surface area contributed by atoms with Crippen molar-refractivity contribution in [1.29, 1.82) is 0 Å². The van der Waals surface area contributed by atoms with Gasteiger partial charge < -0.3 is 10.1 Å². The van der Waals surface area contributed by atoms with E-state index in [2.05, 4.69) is 10.1 Å². The molecule has 1 rings (SSSR count). The quantitative estimate of drug-likeness (QED) is 0.504. The van der Waals surface area contributed by atoms with Crippen molar-refractivity contribution in [3.63, 3.8) is 0 Å². The van der Waals surface area contributed by atoms with Gasteiger partial charge in [0.15, 0.2) is 5.78 Å². The molecule has 0 saturated carbocycles. The van der Waals surface area contributed by atoms with Crippen molar-refractivity contribution in [3.8, 4) is 0 Å². The van der Waals surface area contributed by atoms with Gasteiger partial charge in [-0.1, -0.05) is 0 Å². The fourth-order valence-corrected chi connectivity index (χ4v) is 1.44. The van der Waals surface area contributed by atoms with E-state index in [0.717, 1.165) is 19.4 Å². The van der Waals surface area contributed by atoms with E-state index in [4.69, 9.17) is 0 Å². The number of ether oxygens (including phenoxy) is 1. The molecule has 0 radical (unpaired) electrons. The number of nitrogens with one attached hydrogen (secondary N) is 1. The van der Waals surface area contributed by atoms with Gasteiger partial charge in [0.05, 0.1) is 12.6 Å². The van der Waals surface area contributed by atoms with Crippen molar-refractivity contribution in [1.82, 2.24) is 5.32 Å². The highest BCUT2D eigenvalue weighted by Gasteiger charge is 2.23. The molecule has 0 aromatic heterocycles. The molecule has 1 heterocycles. The van der Waals surface area contributed by atoms with Crippen molar-refractivity contribution in [2.24, 2.45) is 0 Å². The zero-order valence-corrected chi connectivity index (χ0v) is 7.84. The van der Waals surface area contributed by atoms with Crippen LogP contribution in [0.4, 0.5) is 0 Å². The molecule has 1 aliphatic heterocycles. The number of carbonyl (C=O) groups excluding carboxylic acids is 2. The van der Waals surface area contributed by atoms with Crippen molar-refractivity contribution < 1.29 is 14.3 Å². The van der Waals surface area contributed by atoms with Crippen molar-refractivity contribution >= 4 is 11.8 Å². The maximum atomic E-state index is 11.4. The van der Waals surface area contributed by atoms with Crippen LogP contribution in [0.15, 0.2) is 0 Å². The van der Waals surface area contributed by atoms with E-state index in [0.29, 0.717) is 6.61 Å². The Morgan fingerprint density at radius 3 is 2.85 bits per heavy atom. The second-order valence-corrected chi connectivity index (χ2v) is 3.10. The molecule has 0 spiro atoms. The fraction of sp³-hybridized carbons (Fsp3) is 0.778. The molecule has 1 fully saturated rings. The van der Waals surface area contributed by atoms with Gasteiger partial charge in [-0.25, -0.2) is 0 Å². The van der Waals surface area contributed by atoms with Crippen LogP contribution in [0.3, 0.4) is 0 Å². The highest BCUT2D eigenvalue weighted by Crippen LogP contribution is 2.07. The fourth-order valence-electron chi connectivity index (χ4n) is 1.44. The minimum absolute atomic E-state index is 0.0454. The lowest BCUT2D eigenvalue weighted by Gasteiger charge is -2.07. The Morgan fingerprint density at radius 1 is 1.54 bits per heavy atom. The van der Waals surface area contributed by atoms with Gasteiger partial charge in [0.2, 0.25) is 0 Å². The first-order valence-electron chi connectivity index (χ1n) is 4.65. The summed E-state index contributed by atoms with van der Waals surface area (Å²) in [5.74, 6) is -0.461. The third-order valence-electron chi connectivity index (χ3n) is 2.07. The Bertz CT molecular complexity index is 197. The van der Waals surface area contributed by atoms with E-state index in [1.54, 1.807) is 6.92 Å². The molecule has 0 bridgehead atoms. The Hall–Kier alpha value is -0.900. The Kier molecular flexibility index (Phi) is 3.89. The topological polar surface area (TPSA) is 55.4 Å². The Balaban J connectivity index is 2.27. The summed E-state index contributed by atoms with van der Waals surface area (Å²) >= 11 is 0. The molecule has 4 nitrogen and oxygen atoms in total. The molecular weight excluding hydrogens is 170 g/mol. The monoisotopic (exact) mass is 185 g/mol. The van der Waals surface area contributed by atoms with Crippen LogP contribution in [0.25, 0.3) is 0 Å². The van der Waals surface area contributed by atoms with Crippen molar-refractivity contribution in [3.05, 3.63) is 0 Å². The van der Waals surface area contributed by atoms with Crippen molar-refractivity contribution in [2.45, 2.75) is 32.2 Å². The maximum absolute atomic E-state index is 11.4. The summed E-state index contributed by atoms with van der Waals surface area (Å²) < 4.78 is 4.68. The summed E-state index contributed by atoms with van der Waals surface area (Å²) in [6, 6.07) is -0.121. The van der Waals surface area contributed by atoms with Gasteiger partial charge >= 0.3 is 5.97 Å². The van der Waals surface area contributed by atoms with E-state index in [1.807, 2.05) is 0 Å². The molecule has 1 unspecified atom stereocenters. The summed E-state index contributed by atoms with van der Waals surface area (Å²) in [7, 11) is 0. The minimum Gasteiger partial charge on any atom is -0.466 e. The molecule has 74 valence electrons.